The third kappa shape index (κ3) is 5.04. The van der Waals surface area contributed by atoms with Crippen LogP contribution >= 0.6 is 0 Å². The Balaban J connectivity index is 1.85. The highest BCUT2D eigenvalue weighted by Crippen LogP contribution is 2.19. The van der Waals surface area contributed by atoms with Crippen molar-refractivity contribution in [1.82, 2.24) is 0 Å². The van der Waals surface area contributed by atoms with Crippen molar-refractivity contribution in [2.24, 2.45) is 5.73 Å². The van der Waals surface area contributed by atoms with Gasteiger partial charge >= 0.3 is 0 Å². The van der Waals surface area contributed by atoms with Gasteiger partial charge in [0, 0.05) is 17.7 Å². The van der Waals surface area contributed by atoms with Crippen molar-refractivity contribution in [3.05, 3.63) is 58.9 Å². The zero-order valence-corrected chi connectivity index (χ0v) is 14.3. The largest absolute Gasteiger partial charge is 0.494 e. The Hall–Kier alpha value is -2.89. The molecule has 0 unspecified atom stereocenters. The molecule has 0 heterocycles. The Morgan fingerprint density at radius 3 is 2.56 bits per heavy atom. The van der Waals surface area contributed by atoms with E-state index in [9.17, 15) is 14.0 Å². The van der Waals surface area contributed by atoms with E-state index in [1.165, 1.54) is 13.2 Å². The summed E-state index contributed by atoms with van der Waals surface area (Å²) in [6, 6.07) is 9.72. The van der Waals surface area contributed by atoms with Crippen LogP contribution in [0.3, 0.4) is 0 Å². The normalized spacial score (nSPS) is 10.4. The second-order valence-corrected chi connectivity index (χ2v) is 5.76. The van der Waals surface area contributed by atoms with Crippen LogP contribution in [0.25, 0.3) is 0 Å². The van der Waals surface area contributed by atoms with Gasteiger partial charge in [0.1, 0.15) is 0 Å². The van der Waals surface area contributed by atoms with Crippen LogP contribution in [0.2, 0.25) is 0 Å². The maximum atomic E-state index is 13.6. The molecule has 2 amide bonds. The number of hydrogen-bond donors (Lipinski definition) is 2. The van der Waals surface area contributed by atoms with E-state index < -0.39 is 11.7 Å². The summed E-state index contributed by atoms with van der Waals surface area (Å²) in [5.41, 5.74) is 7.82. The van der Waals surface area contributed by atoms with Crippen LogP contribution in [-0.4, -0.2) is 18.9 Å². The first kappa shape index (κ1) is 18.4. The maximum Gasteiger partial charge on any atom is 0.248 e. The fourth-order valence-electron chi connectivity index (χ4n) is 2.56. The molecule has 0 aliphatic heterocycles. The average Bonchev–Trinajstić information content (AvgIpc) is 2.54. The van der Waals surface area contributed by atoms with E-state index in [-0.39, 0.29) is 11.7 Å². The van der Waals surface area contributed by atoms with Crippen LogP contribution in [0.15, 0.2) is 36.4 Å². The lowest BCUT2D eigenvalue weighted by atomic mass is 10.1. The molecule has 0 aliphatic carbocycles. The standard InChI is InChI=1S/C19H21FN2O3/c1-12-10-14(7-8-15(12)19(21)24)22-18(23)5-3-4-13-6-9-17(25-2)16(20)11-13/h6-11H,3-5H2,1-2H3,(H2,21,24)(H,22,23). The van der Waals surface area contributed by atoms with Crippen molar-refractivity contribution in [3.8, 4) is 5.75 Å². The number of amides is 2. The SMILES string of the molecule is COc1ccc(CCCC(=O)Nc2ccc(C(N)=O)c(C)c2)cc1F. The lowest BCUT2D eigenvalue weighted by Gasteiger charge is -2.08. The van der Waals surface area contributed by atoms with E-state index in [1.54, 1.807) is 37.3 Å². The molecule has 2 rings (SSSR count). The summed E-state index contributed by atoms with van der Waals surface area (Å²) in [5, 5.41) is 2.78. The van der Waals surface area contributed by atoms with Gasteiger partial charge in [-0.05, 0) is 61.2 Å². The number of aryl methyl sites for hydroxylation is 2. The predicted octanol–water partition coefficient (Wildman–Crippen LogP) is 3.20. The Labute approximate surface area is 146 Å². The molecular weight excluding hydrogens is 323 g/mol. The second-order valence-electron chi connectivity index (χ2n) is 5.76. The van der Waals surface area contributed by atoms with Crippen LogP contribution in [0.1, 0.15) is 34.3 Å². The molecule has 0 radical (unpaired) electrons. The van der Waals surface area contributed by atoms with Gasteiger partial charge in [0.25, 0.3) is 0 Å². The second kappa shape index (κ2) is 8.28. The van der Waals surface area contributed by atoms with Crippen LogP contribution in [0.4, 0.5) is 10.1 Å². The van der Waals surface area contributed by atoms with Gasteiger partial charge in [-0.1, -0.05) is 6.07 Å². The van der Waals surface area contributed by atoms with Crippen molar-refractivity contribution in [1.29, 1.82) is 0 Å². The van der Waals surface area contributed by atoms with Crippen molar-refractivity contribution in [2.75, 3.05) is 12.4 Å². The number of carbonyl (C=O) groups excluding carboxylic acids is 2. The number of nitrogens with two attached hydrogens (primary N) is 1. The summed E-state index contributed by atoms with van der Waals surface area (Å²) in [7, 11) is 1.42. The molecule has 2 aromatic carbocycles. The number of halogens is 1. The quantitative estimate of drug-likeness (QED) is 0.809. The number of hydrogen-bond acceptors (Lipinski definition) is 3. The lowest BCUT2D eigenvalue weighted by Crippen LogP contribution is -2.14. The van der Waals surface area contributed by atoms with Crippen LogP contribution < -0.4 is 15.8 Å². The topological polar surface area (TPSA) is 81.4 Å². The number of nitrogens with one attached hydrogen (secondary N) is 1. The van der Waals surface area contributed by atoms with E-state index in [1.807, 2.05) is 0 Å². The van der Waals surface area contributed by atoms with Crippen LogP contribution in [-0.2, 0) is 11.2 Å². The first-order chi connectivity index (χ1) is 11.9. The molecule has 0 aromatic heterocycles. The Morgan fingerprint density at radius 1 is 1.20 bits per heavy atom. The van der Waals surface area contributed by atoms with Gasteiger partial charge < -0.3 is 15.8 Å². The van der Waals surface area contributed by atoms with E-state index in [4.69, 9.17) is 10.5 Å². The third-order valence-electron chi connectivity index (χ3n) is 3.86. The van der Waals surface area contributed by atoms with Crippen molar-refractivity contribution >= 4 is 17.5 Å². The monoisotopic (exact) mass is 344 g/mol. The number of rotatable bonds is 7. The van der Waals surface area contributed by atoms with E-state index >= 15 is 0 Å². The molecule has 3 N–H and O–H groups in total. The van der Waals surface area contributed by atoms with Gasteiger partial charge in [-0.25, -0.2) is 4.39 Å². The predicted molar refractivity (Wildman–Crippen MR) is 94.2 cm³/mol. The number of ether oxygens (including phenoxy) is 1. The zero-order chi connectivity index (χ0) is 18.4. The molecule has 0 spiro atoms. The fraction of sp³-hybridized carbons (Fsp3) is 0.263. The van der Waals surface area contributed by atoms with Crippen molar-refractivity contribution in [3.63, 3.8) is 0 Å². The molecule has 0 bridgehead atoms. The summed E-state index contributed by atoms with van der Waals surface area (Å²) >= 11 is 0. The van der Waals surface area contributed by atoms with Gasteiger partial charge in [-0.2, -0.15) is 0 Å². The molecular formula is C19H21FN2O3. The Bertz CT molecular complexity index is 790. The van der Waals surface area contributed by atoms with Gasteiger partial charge in [-0.3, -0.25) is 9.59 Å². The Morgan fingerprint density at radius 2 is 1.96 bits per heavy atom. The molecule has 0 saturated carbocycles. The number of primary amides is 1. The third-order valence-corrected chi connectivity index (χ3v) is 3.86. The number of anilines is 1. The molecule has 0 atom stereocenters. The highest BCUT2D eigenvalue weighted by Gasteiger charge is 2.08. The smallest absolute Gasteiger partial charge is 0.248 e. The van der Waals surface area contributed by atoms with Crippen LogP contribution in [0.5, 0.6) is 5.75 Å². The Kier molecular flexibility index (Phi) is 6.11. The van der Waals surface area contributed by atoms with Crippen molar-refractivity contribution < 1.29 is 18.7 Å². The first-order valence-corrected chi connectivity index (χ1v) is 7.93. The van der Waals surface area contributed by atoms with Gasteiger partial charge in [0.15, 0.2) is 11.6 Å². The van der Waals surface area contributed by atoms with Gasteiger partial charge in [0.2, 0.25) is 11.8 Å². The van der Waals surface area contributed by atoms with E-state index in [0.29, 0.717) is 36.1 Å². The highest BCUT2D eigenvalue weighted by atomic mass is 19.1. The molecule has 132 valence electrons. The summed E-state index contributed by atoms with van der Waals surface area (Å²) in [6.07, 6.45) is 1.49. The lowest BCUT2D eigenvalue weighted by molar-refractivity contribution is -0.116. The first-order valence-electron chi connectivity index (χ1n) is 7.93. The molecule has 6 heteroatoms. The van der Waals surface area contributed by atoms with E-state index in [2.05, 4.69) is 5.32 Å². The minimum Gasteiger partial charge on any atom is -0.494 e. The fourth-order valence-corrected chi connectivity index (χ4v) is 2.56. The number of benzene rings is 2. The minimum atomic E-state index is -0.498. The molecule has 5 nitrogen and oxygen atoms in total. The summed E-state index contributed by atoms with van der Waals surface area (Å²) < 4.78 is 18.5. The van der Waals surface area contributed by atoms with Gasteiger partial charge in [-0.15, -0.1) is 0 Å². The van der Waals surface area contributed by atoms with Crippen molar-refractivity contribution in [2.45, 2.75) is 26.2 Å². The summed E-state index contributed by atoms with van der Waals surface area (Å²) in [4.78, 5) is 23.2. The highest BCUT2D eigenvalue weighted by molar-refractivity contribution is 5.96. The summed E-state index contributed by atoms with van der Waals surface area (Å²) in [6.45, 7) is 1.76. The summed E-state index contributed by atoms with van der Waals surface area (Å²) in [5.74, 6) is -0.840. The van der Waals surface area contributed by atoms with E-state index in [0.717, 1.165) is 5.56 Å². The van der Waals surface area contributed by atoms with Crippen LogP contribution in [0, 0.1) is 12.7 Å². The molecule has 0 saturated heterocycles. The zero-order valence-electron chi connectivity index (χ0n) is 14.3. The molecule has 0 fully saturated rings. The molecule has 25 heavy (non-hydrogen) atoms. The average molecular weight is 344 g/mol. The number of carbonyl (C=O) groups is 2. The maximum absolute atomic E-state index is 13.6. The molecule has 0 aliphatic rings. The van der Waals surface area contributed by atoms with Gasteiger partial charge in [0.05, 0.1) is 7.11 Å². The minimum absolute atomic E-state index is 0.139. The molecule has 2 aromatic rings. The number of methoxy groups -OCH3 is 1.